The molecule has 2 fully saturated rings. The molecule has 3 heterocycles. The Labute approximate surface area is 201 Å². The zero-order valence-electron chi connectivity index (χ0n) is 19.4. The highest BCUT2D eigenvalue weighted by atomic mass is 32.2. The average Bonchev–Trinajstić information content (AvgIpc) is 3.33. The van der Waals surface area contributed by atoms with Crippen molar-refractivity contribution in [1.82, 2.24) is 9.21 Å². The van der Waals surface area contributed by atoms with Gasteiger partial charge in [-0.2, -0.15) is 4.31 Å². The summed E-state index contributed by atoms with van der Waals surface area (Å²) >= 11 is 1.25. The fraction of sp³-hybridized carbons (Fsp3) is 0.560. The molecule has 0 aliphatic carbocycles. The normalized spacial score (nSPS) is 18.4. The number of carbonyl (C=O) groups is 1. The third-order valence-corrected chi connectivity index (χ3v) is 10.3. The van der Waals surface area contributed by atoms with Gasteiger partial charge in [0, 0.05) is 31.1 Å². The van der Waals surface area contributed by atoms with Crippen molar-refractivity contribution < 1.29 is 17.9 Å². The zero-order chi connectivity index (χ0) is 23.3. The fourth-order valence-electron chi connectivity index (χ4n) is 4.72. The number of carbonyl (C=O) groups excluding carboxylic acids is 1. The molecular formula is C25H34N2O4S2. The third-order valence-electron chi connectivity index (χ3n) is 6.84. The maximum absolute atomic E-state index is 12.9. The number of likely N-dealkylation sites (tertiary alicyclic amines) is 1. The van der Waals surface area contributed by atoms with Crippen molar-refractivity contribution in [2.75, 3.05) is 33.3 Å². The number of hydrogen-bond donors (Lipinski definition) is 0. The van der Waals surface area contributed by atoms with Crippen molar-refractivity contribution in [1.29, 1.82) is 0 Å². The van der Waals surface area contributed by atoms with E-state index < -0.39 is 10.0 Å². The minimum atomic E-state index is -3.42. The van der Waals surface area contributed by atoms with E-state index in [1.54, 1.807) is 23.5 Å². The van der Waals surface area contributed by atoms with E-state index in [9.17, 15) is 13.2 Å². The molecule has 0 spiro atoms. The van der Waals surface area contributed by atoms with Crippen molar-refractivity contribution in [2.45, 2.75) is 55.6 Å². The van der Waals surface area contributed by atoms with E-state index in [0.29, 0.717) is 23.2 Å². The van der Waals surface area contributed by atoms with Crippen LogP contribution in [-0.2, 0) is 27.7 Å². The van der Waals surface area contributed by atoms with Crippen LogP contribution in [-0.4, -0.2) is 56.8 Å². The van der Waals surface area contributed by atoms with Crippen LogP contribution in [0.4, 0.5) is 0 Å². The summed E-state index contributed by atoms with van der Waals surface area (Å²) in [7, 11) is -1.74. The molecule has 4 rings (SSSR count). The van der Waals surface area contributed by atoms with Crippen LogP contribution in [0.2, 0.25) is 0 Å². The summed E-state index contributed by atoms with van der Waals surface area (Å²) < 4.78 is 32.9. The lowest BCUT2D eigenvalue weighted by atomic mass is 9.90. The van der Waals surface area contributed by atoms with E-state index in [1.165, 1.54) is 16.9 Å². The van der Waals surface area contributed by atoms with Gasteiger partial charge in [-0.25, -0.2) is 8.42 Å². The van der Waals surface area contributed by atoms with Gasteiger partial charge in [-0.05, 0) is 74.3 Å². The summed E-state index contributed by atoms with van der Waals surface area (Å²) in [6, 6.07) is 11.7. The molecule has 180 valence electrons. The number of nitrogens with zero attached hydrogens (tertiary/aromatic N) is 2. The predicted molar refractivity (Wildman–Crippen MR) is 131 cm³/mol. The average molecular weight is 491 g/mol. The van der Waals surface area contributed by atoms with Crippen LogP contribution in [0.15, 0.2) is 40.6 Å². The standard InChI is InChI=1S/C25H34N2O4S2/c1-31-22-9-7-20(8-10-22)5-6-21-13-17-26(18-14-21)24(28)19-23-11-12-25(32-23)33(29,30)27-15-3-2-4-16-27/h7-12,21H,2-6,13-19H2,1H3. The van der Waals surface area contributed by atoms with Gasteiger partial charge >= 0.3 is 0 Å². The molecule has 1 amide bonds. The molecule has 2 aromatic rings. The molecule has 1 aromatic carbocycles. The summed E-state index contributed by atoms with van der Waals surface area (Å²) in [5, 5.41) is 0. The van der Waals surface area contributed by atoms with E-state index in [0.717, 1.165) is 68.7 Å². The van der Waals surface area contributed by atoms with E-state index in [4.69, 9.17) is 4.74 Å². The number of rotatable bonds is 8. The third kappa shape index (κ3) is 6.16. The Bertz CT molecular complexity index is 1020. The Morgan fingerprint density at radius 1 is 1.00 bits per heavy atom. The largest absolute Gasteiger partial charge is 0.497 e. The van der Waals surface area contributed by atoms with Crippen LogP contribution in [0, 0.1) is 5.92 Å². The molecule has 33 heavy (non-hydrogen) atoms. The summed E-state index contributed by atoms with van der Waals surface area (Å²) in [4.78, 5) is 15.6. The lowest BCUT2D eigenvalue weighted by molar-refractivity contribution is -0.131. The summed E-state index contributed by atoms with van der Waals surface area (Å²) in [6.45, 7) is 2.77. The van der Waals surface area contributed by atoms with Crippen molar-refractivity contribution in [2.24, 2.45) is 5.92 Å². The fourth-order valence-corrected chi connectivity index (χ4v) is 7.74. The van der Waals surface area contributed by atoms with Crippen molar-refractivity contribution in [3.8, 4) is 5.75 Å². The number of sulfonamides is 1. The van der Waals surface area contributed by atoms with Crippen molar-refractivity contribution >= 4 is 27.3 Å². The van der Waals surface area contributed by atoms with Gasteiger partial charge in [0.2, 0.25) is 5.91 Å². The summed E-state index contributed by atoms with van der Waals surface area (Å²) in [6.07, 6.45) is 7.47. The molecule has 0 N–H and O–H groups in total. The number of methoxy groups -OCH3 is 1. The summed E-state index contributed by atoms with van der Waals surface area (Å²) in [5.74, 6) is 1.62. The zero-order valence-corrected chi connectivity index (χ0v) is 21.0. The molecule has 0 radical (unpaired) electrons. The number of amides is 1. The van der Waals surface area contributed by atoms with Gasteiger partial charge in [0.05, 0.1) is 13.5 Å². The smallest absolute Gasteiger partial charge is 0.252 e. The van der Waals surface area contributed by atoms with E-state index in [1.807, 2.05) is 17.0 Å². The van der Waals surface area contributed by atoms with Crippen LogP contribution in [0.5, 0.6) is 5.75 Å². The molecule has 2 saturated heterocycles. The second-order valence-electron chi connectivity index (χ2n) is 9.07. The number of benzene rings is 1. The molecule has 0 atom stereocenters. The second-order valence-corrected chi connectivity index (χ2v) is 12.4. The van der Waals surface area contributed by atoms with Crippen LogP contribution in [0.3, 0.4) is 0 Å². The number of piperidine rings is 2. The highest BCUT2D eigenvalue weighted by Gasteiger charge is 2.28. The van der Waals surface area contributed by atoms with E-state index in [-0.39, 0.29) is 12.3 Å². The SMILES string of the molecule is COc1ccc(CCC2CCN(C(=O)Cc3ccc(S(=O)(=O)N4CCCCC4)s3)CC2)cc1. The minimum Gasteiger partial charge on any atom is -0.497 e. The molecule has 8 heteroatoms. The van der Waals surface area contributed by atoms with Gasteiger partial charge in [-0.15, -0.1) is 11.3 Å². The number of hydrogen-bond acceptors (Lipinski definition) is 5. The molecular weight excluding hydrogens is 456 g/mol. The molecule has 1 aromatic heterocycles. The van der Waals surface area contributed by atoms with E-state index in [2.05, 4.69) is 12.1 Å². The van der Waals surface area contributed by atoms with Crippen LogP contribution < -0.4 is 4.74 Å². The Kier molecular flexibility index (Phi) is 8.09. The van der Waals surface area contributed by atoms with Crippen molar-refractivity contribution in [3.63, 3.8) is 0 Å². The van der Waals surface area contributed by atoms with Crippen molar-refractivity contribution in [3.05, 3.63) is 46.8 Å². The Morgan fingerprint density at radius 3 is 2.36 bits per heavy atom. The number of thiophene rings is 1. The van der Waals surface area contributed by atoms with Gasteiger partial charge < -0.3 is 9.64 Å². The van der Waals surface area contributed by atoms with Gasteiger partial charge in [0.15, 0.2) is 0 Å². The molecule has 0 bridgehead atoms. The Balaban J connectivity index is 1.24. The first-order valence-corrected chi connectivity index (χ1v) is 14.2. The monoisotopic (exact) mass is 490 g/mol. The highest BCUT2D eigenvalue weighted by molar-refractivity contribution is 7.91. The van der Waals surface area contributed by atoms with Crippen LogP contribution in [0.25, 0.3) is 0 Å². The summed E-state index contributed by atoms with van der Waals surface area (Å²) in [5.41, 5.74) is 1.32. The number of aryl methyl sites for hydroxylation is 1. The number of ether oxygens (including phenoxy) is 1. The maximum Gasteiger partial charge on any atom is 0.252 e. The van der Waals surface area contributed by atoms with Gasteiger partial charge in [-0.3, -0.25) is 4.79 Å². The lowest BCUT2D eigenvalue weighted by Gasteiger charge is -2.32. The topological polar surface area (TPSA) is 66.9 Å². The molecule has 2 aliphatic heterocycles. The molecule has 2 aliphatic rings. The Hall–Kier alpha value is -1.90. The quantitative estimate of drug-likeness (QED) is 0.552. The minimum absolute atomic E-state index is 0.104. The first-order valence-electron chi connectivity index (χ1n) is 12.0. The first kappa shape index (κ1) is 24.2. The first-order chi connectivity index (χ1) is 16.0. The van der Waals surface area contributed by atoms with Gasteiger partial charge in [0.1, 0.15) is 9.96 Å². The highest BCUT2D eigenvalue weighted by Crippen LogP contribution is 2.28. The molecule has 0 saturated carbocycles. The molecule has 0 unspecified atom stereocenters. The Morgan fingerprint density at radius 2 is 1.70 bits per heavy atom. The molecule has 6 nitrogen and oxygen atoms in total. The predicted octanol–water partition coefficient (Wildman–Crippen LogP) is 4.35. The lowest BCUT2D eigenvalue weighted by Crippen LogP contribution is -2.39. The van der Waals surface area contributed by atoms with E-state index >= 15 is 0 Å². The maximum atomic E-state index is 12.9. The van der Waals surface area contributed by atoms with Crippen LogP contribution >= 0.6 is 11.3 Å². The van der Waals surface area contributed by atoms with Gasteiger partial charge in [0.25, 0.3) is 10.0 Å². The second kappa shape index (κ2) is 11.0. The van der Waals surface area contributed by atoms with Crippen LogP contribution in [0.1, 0.15) is 49.0 Å². The van der Waals surface area contributed by atoms with Gasteiger partial charge in [-0.1, -0.05) is 18.6 Å².